The van der Waals surface area contributed by atoms with Crippen LogP contribution in [0.2, 0.25) is 0 Å². The highest BCUT2D eigenvalue weighted by atomic mass is 16.5. The first kappa shape index (κ1) is 23.0. The van der Waals surface area contributed by atoms with Crippen molar-refractivity contribution < 1.29 is 9.53 Å². The molecule has 4 aromatic rings. The van der Waals surface area contributed by atoms with Crippen molar-refractivity contribution in [2.24, 2.45) is 0 Å². The van der Waals surface area contributed by atoms with Gasteiger partial charge in [-0.2, -0.15) is 0 Å². The second-order valence-corrected chi connectivity index (χ2v) is 10.4. The normalized spacial score (nSPS) is 16.2. The molecule has 0 saturated heterocycles. The minimum atomic E-state index is 0.0535. The van der Waals surface area contributed by atoms with Crippen molar-refractivity contribution in [3.8, 4) is 28.1 Å². The largest absolute Gasteiger partial charge is 0.497 e. The van der Waals surface area contributed by atoms with E-state index in [4.69, 9.17) is 4.74 Å². The number of carbonyl (C=O) groups is 1. The number of nitrogens with zero attached hydrogens (tertiary/aromatic N) is 2. The van der Waals surface area contributed by atoms with Crippen LogP contribution < -0.4 is 10.1 Å². The third-order valence-electron chi connectivity index (χ3n) is 8.02. The van der Waals surface area contributed by atoms with Crippen molar-refractivity contribution in [1.29, 1.82) is 0 Å². The Labute approximate surface area is 213 Å². The maximum Gasteiger partial charge on any atom is 0.269 e. The molecule has 2 aliphatic rings. The van der Waals surface area contributed by atoms with Gasteiger partial charge in [-0.25, -0.2) is 0 Å². The summed E-state index contributed by atoms with van der Waals surface area (Å²) in [5, 5.41) is 3.42. The Morgan fingerprint density at radius 1 is 0.917 bits per heavy atom. The molecule has 5 heteroatoms. The molecule has 0 unspecified atom stereocenters. The molecule has 186 valence electrons. The van der Waals surface area contributed by atoms with Crippen LogP contribution in [-0.4, -0.2) is 28.0 Å². The van der Waals surface area contributed by atoms with Crippen molar-refractivity contribution in [2.45, 2.75) is 70.9 Å². The Balaban J connectivity index is 1.55. The highest BCUT2D eigenvalue weighted by Crippen LogP contribution is 2.40. The first-order valence-corrected chi connectivity index (χ1v) is 13.4. The lowest BCUT2D eigenvalue weighted by Gasteiger charge is -2.23. The number of benzene rings is 2. The van der Waals surface area contributed by atoms with Crippen molar-refractivity contribution in [3.05, 3.63) is 71.5 Å². The van der Waals surface area contributed by atoms with Gasteiger partial charge in [0, 0.05) is 29.9 Å². The molecule has 5 nitrogen and oxygen atoms in total. The van der Waals surface area contributed by atoms with Crippen LogP contribution in [0.3, 0.4) is 0 Å². The molecule has 1 aliphatic carbocycles. The first-order valence-electron chi connectivity index (χ1n) is 13.4. The summed E-state index contributed by atoms with van der Waals surface area (Å²) in [4.78, 5) is 14.0. The Kier molecular flexibility index (Phi) is 6.08. The Bertz CT molecular complexity index is 1390. The molecule has 0 atom stereocenters. The van der Waals surface area contributed by atoms with Crippen LogP contribution in [0.15, 0.2) is 54.7 Å². The molecule has 2 aromatic carbocycles. The third kappa shape index (κ3) is 4.01. The standard InChI is InChI=1S/C31H35N3O2/c1-21-11-13-23(14-12-21)28-26-10-6-7-19-33-27(22-15-17-25(36-2)18-16-22)20-34(31(26)33)29(28)30(35)32-24-8-4-3-5-9-24/h11-18,20,24H,3-10,19H2,1-2H3,(H,32,35). The lowest BCUT2D eigenvalue weighted by atomic mass is 9.94. The van der Waals surface area contributed by atoms with Crippen LogP contribution in [0, 0.1) is 6.92 Å². The molecule has 1 saturated carbocycles. The first-order chi connectivity index (χ1) is 17.6. The van der Waals surface area contributed by atoms with E-state index in [1.165, 1.54) is 36.0 Å². The van der Waals surface area contributed by atoms with E-state index in [1.807, 2.05) is 12.1 Å². The lowest BCUT2D eigenvalue weighted by molar-refractivity contribution is 0.0922. The van der Waals surface area contributed by atoms with Gasteiger partial charge in [-0.05, 0) is 74.4 Å². The smallest absolute Gasteiger partial charge is 0.269 e. The second-order valence-electron chi connectivity index (χ2n) is 10.4. The predicted molar refractivity (Wildman–Crippen MR) is 145 cm³/mol. The van der Waals surface area contributed by atoms with Gasteiger partial charge in [0.05, 0.1) is 12.8 Å². The van der Waals surface area contributed by atoms with Gasteiger partial charge in [0.25, 0.3) is 5.91 Å². The van der Waals surface area contributed by atoms with Crippen LogP contribution in [0.4, 0.5) is 0 Å². The number of nitrogens with one attached hydrogen (secondary N) is 1. The van der Waals surface area contributed by atoms with E-state index in [9.17, 15) is 4.79 Å². The van der Waals surface area contributed by atoms with Crippen molar-refractivity contribution >= 4 is 11.6 Å². The quantitative estimate of drug-likeness (QED) is 0.341. The summed E-state index contributed by atoms with van der Waals surface area (Å²) in [6, 6.07) is 17.2. The minimum absolute atomic E-state index is 0.0535. The number of ether oxygens (including phenoxy) is 1. The van der Waals surface area contributed by atoms with E-state index in [0.29, 0.717) is 0 Å². The summed E-state index contributed by atoms with van der Waals surface area (Å²) >= 11 is 0. The maximum atomic E-state index is 14.0. The van der Waals surface area contributed by atoms with E-state index < -0.39 is 0 Å². The molecule has 3 heterocycles. The van der Waals surface area contributed by atoms with E-state index in [1.54, 1.807) is 7.11 Å². The van der Waals surface area contributed by atoms with Crippen molar-refractivity contribution in [3.63, 3.8) is 0 Å². The summed E-state index contributed by atoms with van der Waals surface area (Å²) < 4.78 is 10.0. The zero-order valence-corrected chi connectivity index (χ0v) is 21.3. The van der Waals surface area contributed by atoms with E-state index in [2.05, 4.69) is 63.8 Å². The molecule has 1 amide bonds. The Hall–Kier alpha value is -3.47. The molecule has 0 spiro atoms. The molecule has 1 N–H and O–H groups in total. The topological polar surface area (TPSA) is 47.7 Å². The van der Waals surface area contributed by atoms with E-state index >= 15 is 0 Å². The van der Waals surface area contributed by atoms with Crippen molar-refractivity contribution in [1.82, 2.24) is 14.3 Å². The summed E-state index contributed by atoms with van der Waals surface area (Å²) in [6.07, 6.45) is 11.2. The highest BCUT2D eigenvalue weighted by Gasteiger charge is 2.30. The number of aromatic nitrogens is 2. The molecule has 6 rings (SSSR count). The van der Waals surface area contributed by atoms with Gasteiger partial charge in [0.2, 0.25) is 0 Å². The monoisotopic (exact) mass is 481 g/mol. The molecule has 0 radical (unpaired) electrons. The highest BCUT2D eigenvalue weighted by molar-refractivity contribution is 6.03. The molecule has 36 heavy (non-hydrogen) atoms. The number of methoxy groups -OCH3 is 1. The van der Waals surface area contributed by atoms with Crippen LogP contribution in [0.1, 0.15) is 66.6 Å². The van der Waals surface area contributed by atoms with Crippen LogP contribution in [-0.2, 0) is 13.0 Å². The number of aryl methyl sites for hydroxylation is 3. The van der Waals surface area contributed by atoms with E-state index in [0.717, 1.165) is 72.5 Å². The molecule has 0 bridgehead atoms. The van der Waals surface area contributed by atoms with Gasteiger partial charge in [-0.3, -0.25) is 9.20 Å². The van der Waals surface area contributed by atoms with Gasteiger partial charge >= 0.3 is 0 Å². The predicted octanol–water partition coefficient (Wildman–Crippen LogP) is 6.79. The Morgan fingerprint density at radius 2 is 1.64 bits per heavy atom. The fourth-order valence-corrected chi connectivity index (χ4v) is 6.13. The molecule has 1 fully saturated rings. The number of hydrogen-bond donors (Lipinski definition) is 1. The zero-order valence-electron chi connectivity index (χ0n) is 21.3. The average molecular weight is 482 g/mol. The number of rotatable bonds is 5. The number of carbonyl (C=O) groups excluding carboxylic acids is 1. The van der Waals surface area contributed by atoms with Crippen molar-refractivity contribution in [2.75, 3.05) is 7.11 Å². The van der Waals surface area contributed by atoms with Crippen LogP contribution in [0.25, 0.3) is 28.0 Å². The summed E-state index contributed by atoms with van der Waals surface area (Å²) in [5.41, 5.74) is 9.01. The van der Waals surface area contributed by atoms with Gasteiger partial charge in [-0.15, -0.1) is 0 Å². The van der Waals surface area contributed by atoms with Gasteiger partial charge < -0.3 is 14.6 Å². The fourth-order valence-electron chi connectivity index (χ4n) is 6.13. The molecular formula is C31H35N3O2. The average Bonchev–Trinajstić information content (AvgIpc) is 3.32. The number of amides is 1. The van der Waals surface area contributed by atoms with Crippen LogP contribution >= 0.6 is 0 Å². The number of hydrogen-bond acceptors (Lipinski definition) is 2. The second kappa shape index (κ2) is 9.53. The summed E-state index contributed by atoms with van der Waals surface area (Å²) in [5.74, 6) is 0.903. The third-order valence-corrected chi connectivity index (χ3v) is 8.02. The van der Waals surface area contributed by atoms with Gasteiger partial charge in [-0.1, -0.05) is 49.1 Å². The minimum Gasteiger partial charge on any atom is -0.497 e. The van der Waals surface area contributed by atoms with Gasteiger partial charge in [0.1, 0.15) is 17.1 Å². The molecule has 2 aromatic heterocycles. The maximum absolute atomic E-state index is 14.0. The van der Waals surface area contributed by atoms with Crippen LogP contribution in [0.5, 0.6) is 5.75 Å². The molecular weight excluding hydrogens is 446 g/mol. The lowest BCUT2D eigenvalue weighted by Crippen LogP contribution is -2.37. The zero-order chi connectivity index (χ0) is 24.6. The van der Waals surface area contributed by atoms with Gasteiger partial charge in [0.15, 0.2) is 0 Å². The summed E-state index contributed by atoms with van der Waals surface area (Å²) in [7, 11) is 1.69. The molecule has 1 aliphatic heterocycles. The fraction of sp³-hybridized carbons (Fsp3) is 0.387. The van der Waals surface area contributed by atoms with E-state index in [-0.39, 0.29) is 11.9 Å². The SMILES string of the molecule is COc1ccc(-c2cn3c(C(=O)NC4CCCCC4)c(-c4ccc(C)cc4)c4c3n2CCCC4)cc1. The summed E-state index contributed by atoms with van der Waals surface area (Å²) in [6.45, 7) is 3.06. The Morgan fingerprint density at radius 3 is 2.36 bits per heavy atom. The number of imidazole rings is 1.